The smallest absolute Gasteiger partial charge is 0.327 e. The zero-order valence-electron chi connectivity index (χ0n) is 11.2. The van der Waals surface area contributed by atoms with E-state index in [9.17, 15) is 9.18 Å². The van der Waals surface area contributed by atoms with Crippen molar-refractivity contribution in [2.45, 2.75) is 25.0 Å². The fourth-order valence-corrected chi connectivity index (χ4v) is 2.53. The molecule has 1 saturated heterocycles. The highest BCUT2D eigenvalue weighted by molar-refractivity contribution is 6.31. The second-order valence-electron chi connectivity index (χ2n) is 4.63. The maximum atomic E-state index is 13.9. The predicted octanol–water partition coefficient (Wildman–Crippen LogP) is 2.46. The van der Waals surface area contributed by atoms with Crippen molar-refractivity contribution in [3.8, 4) is 0 Å². The lowest BCUT2D eigenvalue weighted by Crippen LogP contribution is -2.35. The van der Waals surface area contributed by atoms with Gasteiger partial charge in [-0.15, -0.1) is 0 Å². The standard InChI is InChI=1S/C14H17ClFNO3/c1-19-14(18)13(17-8-9-4-3-7-20-9)12-10(15)5-2-6-11(12)16/h2,5-6,9,13,17H,3-4,7-8H2,1H3. The first-order valence-corrected chi connectivity index (χ1v) is 6.88. The molecule has 1 N–H and O–H groups in total. The molecular weight excluding hydrogens is 285 g/mol. The van der Waals surface area contributed by atoms with E-state index >= 15 is 0 Å². The van der Waals surface area contributed by atoms with Gasteiger partial charge in [-0.3, -0.25) is 5.32 Å². The van der Waals surface area contributed by atoms with Crippen LogP contribution in [0, 0.1) is 5.82 Å². The van der Waals surface area contributed by atoms with E-state index in [1.807, 2.05) is 0 Å². The molecule has 1 aromatic rings. The van der Waals surface area contributed by atoms with Crippen LogP contribution in [0.4, 0.5) is 4.39 Å². The topological polar surface area (TPSA) is 47.6 Å². The molecule has 1 aromatic carbocycles. The number of benzene rings is 1. The van der Waals surface area contributed by atoms with Crippen molar-refractivity contribution in [1.29, 1.82) is 0 Å². The third kappa shape index (κ3) is 3.48. The molecule has 0 amide bonds. The maximum absolute atomic E-state index is 13.9. The minimum Gasteiger partial charge on any atom is -0.468 e. The van der Waals surface area contributed by atoms with Crippen LogP contribution < -0.4 is 5.32 Å². The lowest BCUT2D eigenvalue weighted by Gasteiger charge is -2.20. The number of halogens is 2. The van der Waals surface area contributed by atoms with Crippen LogP contribution in [-0.2, 0) is 14.3 Å². The summed E-state index contributed by atoms with van der Waals surface area (Å²) in [6.07, 6.45) is 1.95. The van der Waals surface area contributed by atoms with Crippen LogP contribution in [0.5, 0.6) is 0 Å². The van der Waals surface area contributed by atoms with E-state index in [1.165, 1.54) is 19.2 Å². The number of carbonyl (C=O) groups is 1. The van der Waals surface area contributed by atoms with Gasteiger partial charge in [0.25, 0.3) is 0 Å². The van der Waals surface area contributed by atoms with Gasteiger partial charge in [-0.05, 0) is 25.0 Å². The number of esters is 1. The van der Waals surface area contributed by atoms with Crippen molar-refractivity contribution in [1.82, 2.24) is 5.32 Å². The van der Waals surface area contributed by atoms with E-state index in [2.05, 4.69) is 5.32 Å². The molecule has 0 radical (unpaired) electrons. The van der Waals surface area contributed by atoms with E-state index < -0.39 is 17.8 Å². The van der Waals surface area contributed by atoms with Gasteiger partial charge in [0.15, 0.2) is 0 Å². The molecule has 1 aliphatic rings. The first-order chi connectivity index (χ1) is 9.63. The fraction of sp³-hybridized carbons (Fsp3) is 0.500. The summed E-state index contributed by atoms with van der Waals surface area (Å²) in [6, 6.07) is 3.38. The number of hydrogen-bond donors (Lipinski definition) is 1. The largest absolute Gasteiger partial charge is 0.468 e. The van der Waals surface area contributed by atoms with Crippen LogP contribution in [0.25, 0.3) is 0 Å². The third-order valence-electron chi connectivity index (χ3n) is 3.30. The van der Waals surface area contributed by atoms with Gasteiger partial charge in [-0.2, -0.15) is 0 Å². The van der Waals surface area contributed by atoms with E-state index in [-0.39, 0.29) is 16.7 Å². The van der Waals surface area contributed by atoms with Gasteiger partial charge in [0.1, 0.15) is 11.9 Å². The highest BCUT2D eigenvalue weighted by Crippen LogP contribution is 2.27. The zero-order chi connectivity index (χ0) is 14.5. The Bertz CT molecular complexity index is 457. The lowest BCUT2D eigenvalue weighted by molar-refractivity contribution is -0.143. The Balaban J connectivity index is 2.16. The summed E-state index contributed by atoms with van der Waals surface area (Å²) < 4.78 is 24.1. The molecule has 2 atom stereocenters. The number of methoxy groups -OCH3 is 1. The van der Waals surface area contributed by atoms with E-state index in [0.717, 1.165) is 19.4 Å². The van der Waals surface area contributed by atoms with Crippen molar-refractivity contribution in [2.75, 3.05) is 20.3 Å². The van der Waals surface area contributed by atoms with Crippen molar-refractivity contribution < 1.29 is 18.7 Å². The maximum Gasteiger partial charge on any atom is 0.327 e. The second-order valence-corrected chi connectivity index (χ2v) is 5.04. The summed E-state index contributed by atoms with van der Waals surface area (Å²) >= 11 is 6.00. The molecule has 2 rings (SSSR count). The quantitative estimate of drug-likeness (QED) is 0.849. The molecular formula is C14H17ClFNO3. The summed E-state index contributed by atoms with van der Waals surface area (Å²) in [6.45, 7) is 1.17. The molecule has 1 fully saturated rings. The number of rotatable bonds is 5. The molecule has 0 aromatic heterocycles. The number of carbonyl (C=O) groups excluding carboxylic acids is 1. The lowest BCUT2D eigenvalue weighted by atomic mass is 10.1. The normalized spacial score (nSPS) is 19.9. The van der Waals surface area contributed by atoms with Crippen LogP contribution in [-0.4, -0.2) is 32.3 Å². The van der Waals surface area contributed by atoms with E-state index in [0.29, 0.717) is 6.54 Å². The van der Waals surface area contributed by atoms with Crippen molar-refractivity contribution in [2.24, 2.45) is 0 Å². The third-order valence-corrected chi connectivity index (χ3v) is 3.63. The SMILES string of the molecule is COC(=O)C(NCC1CCCO1)c1c(F)cccc1Cl. The van der Waals surface area contributed by atoms with Crippen molar-refractivity contribution >= 4 is 17.6 Å². The minimum absolute atomic E-state index is 0.0349. The summed E-state index contributed by atoms with van der Waals surface area (Å²) in [5.74, 6) is -1.11. The molecule has 2 unspecified atom stereocenters. The highest BCUT2D eigenvalue weighted by atomic mass is 35.5. The Morgan fingerprint density at radius 2 is 2.45 bits per heavy atom. The average molecular weight is 302 g/mol. The molecule has 20 heavy (non-hydrogen) atoms. The fourth-order valence-electron chi connectivity index (χ4n) is 2.26. The number of nitrogens with one attached hydrogen (secondary N) is 1. The Morgan fingerprint density at radius 3 is 3.05 bits per heavy atom. The molecule has 1 aliphatic heterocycles. The molecule has 1 heterocycles. The van der Waals surface area contributed by atoms with Crippen LogP contribution in [0.1, 0.15) is 24.4 Å². The predicted molar refractivity (Wildman–Crippen MR) is 73.1 cm³/mol. The molecule has 110 valence electrons. The molecule has 0 saturated carbocycles. The van der Waals surface area contributed by atoms with Crippen LogP contribution >= 0.6 is 11.6 Å². The summed E-state index contributed by atoms with van der Waals surface area (Å²) in [7, 11) is 1.26. The van der Waals surface area contributed by atoms with Gasteiger partial charge in [0, 0.05) is 23.7 Å². The van der Waals surface area contributed by atoms with Gasteiger partial charge in [-0.1, -0.05) is 17.7 Å². The molecule has 0 bridgehead atoms. The molecule has 4 nitrogen and oxygen atoms in total. The average Bonchev–Trinajstić information content (AvgIpc) is 2.94. The molecule has 0 spiro atoms. The number of ether oxygens (including phenoxy) is 2. The monoisotopic (exact) mass is 301 g/mol. The Hall–Kier alpha value is -1.17. The number of hydrogen-bond acceptors (Lipinski definition) is 4. The summed E-state index contributed by atoms with van der Waals surface area (Å²) in [4.78, 5) is 11.9. The summed E-state index contributed by atoms with van der Waals surface area (Å²) in [5.41, 5.74) is 0.110. The van der Waals surface area contributed by atoms with Gasteiger partial charge in [0.2, 0.25) is 0 Å². The zero-order valence-corrected chi connectivity index (χ0v) is 12.0. The van der Waals surface area contributed by atoms with Gasteiger partial charge < -0.3 is 9.47 Å². The molecule has 6 heteroatoms. The Kier molecular flexibility index (Phi) is 5.34. The minimum atomic E-state index is -0.933. The van der Waals surface area contributed by atoms with E-state index in [4.69, 9.17) is 21.1 Å². The van der Waals surface area contributed by atoms with Crippen LogP contribution in [0.15, 0.2) is 18.2 Å². The summed E-state index contributed by atoms with van der Waals surface area (Å²) in [5, 5.41) is 3.18. The Morgan fingerprint density at radius 1 is 1.65 bits per heavy atom. The van der Waals surface area contributed by atoms with Crippen LogP contribution in [0.3, 0.4) is 0 Å². The molecule has 0 aliphatic carbocycles. The highest BCUT2D eigenvalue weighted by Gasteiger charge is 2.28. The van der Waals surface area contributed by atoms with Crippen molar-refractivity contribution in [3.05, 3.63) is 34.6 Å². The van der Waals surface area contributed by atoms with E-state index in [1.54, 1.807) is 6.07 Å². The van der Waals surface area contributed by atoms with Crippen molar-refractivity contribution in [3.63, 3.8) is 0 Å². The van der Waals surface area contributed by atoms with Crippen LogP contribution in [0.2, 0.25) is 5.02 Å². The first-order valence-electron chi connectivity index (χ1n) is 6.50. The van der Waals surface area contributed by atoms with Gasteiger partial charge in [0.05, 0.1) is 13.2 Å². The van der Waals surface area contributed by atoms with Gasteiger partial charge >= 0.3 is 5.97 Å². The van der Waals surface area contributed by atoms with Gasteiger partial charge in [-0.25, -0.2) is 9.18 Å². The first kappa shape index (κ1) is 15.2. The Labute approximate surface area is 122 Å². The second kappa shape index (κ2) is 7.02.